The maximum absolute atomic E-state index is 13.8. The van der Waals surface area contributed by atoms with Crippen molar-refractivity contribution < 1.29 is 9.13 Å². The Morgan fingerprint density at radius 3 is 2.55 bits per heavy atom. The van der Waals surface area contributed by atoms with Crippen LogP contribution in [0, 0.1) is 28.5 Å². The number of benzene rings is 2. The van der Waals surface area contributed by atoms with Crippen LogP contribution in [0.2, 0.25) is 5.02 Å². The summed E-state index contributed by atoms with van der Waals surface area (Å²) in [6, 6.07) is 12.8. The lowest BCUT2D eigenvalue weighted by Crippen LogP contribution is -2.01. The van der Waals surface area contributed by atoms with Crippen molar-refractivity contribution in [2.75, 3.05) is 0 Å². The first-order valence-electron chi connectivity index (χ1n) is 5.65. The first-order valence-corrected chi connectivity index (χ1v) is 6.03. The van der Waals surface area contributed by atoms with Crippen LogP contribution >= 0.6 is 11.6 Å². The Kier molecular flexibility index (Phi) is 4.20. The smallest absolute Gasteiger partial charge is 0.147 e. The Bertz CT molecular complexity index is 732. The second-order valence-corrected chi connectivity index (χ2v) is 4.37. The van der Waals surface area contributed by atoms with E-state index in [2.05, 4.69) is 0 Å². The van der Waals surface area contributed by atoms with Gasteiger partial charge >= 0.3 is 0 Å². The third kappa shape index (κ3) is 2.88. The maximum Gasteiger partial charge on any atom is 0.147 e. The second kappa shape index (κ2) is 6.06. The summed E-state index contributed by atoms with van der Waals surface area (Å²) in [5.41, 5.74) is 0.511. The fraction of sp³-hybridized carbons (Fsp3) is 0.0667. The van der Waals surface area contributed by atoms with Crippen LogP contribution in [-0.4, -0.2) is 0 Å². The molecule has 0 radical (unpaired) electrons. The average molecular weight is 287 g/mol. The fourth-order valence-corrected chi connectivity index (χ4v) is 1.80. The van der Waals surface area contributed by atoms with Crippen molar-refractivity contribution in [3.05, 3.63) is 63.9 Å². The Labute approximate surface area is 120 Å². The number of rotatable bonds is 3. The van der Waals surface area contributed by atoms with Crippen molar-refractivity contribution in [2.45, 2.75) is 6.61 Å². The molecule has 0 bridgehead atoms. The van der Waals surface area contributed by atoms with Gasteiger partial charge in [-0.3, -0.25) is 0 Å². The number of halogens is 2. The van der Waals surface area contributed by atoms with Crippen LogP contribution in [0.5, 0.6) is 5.75 Å². The molecule has 0 atom stereocenters. The van der Waals surface area contributed by atoms with E-state index in [4.69, 9.17) is 26.9 Å². The molecular formula is C15H8ClFN2O. The molecule has 0 saturated carbocycles. The van der Waals surface area contributed by atoms with Crippen LogP contribution in [0.15, 0.2) is 36.4 Å². The Morgan fingerprint density at radius 1 is 1.10 bits per heavy atom. The first-order chi connectivity index (χ1) is 9.65. The third-order valence-electron chi connectivity index (χ3n) is 2.65. The molecule has 0 N–H and O–H groups in total. The van der Waals surface area contributed by atoms with Gasteiger partial charge < -0.3 is 4.74 Å². The molecule has 20 heavy (non-hydrogen) atoms. The monoisotopic (exact) mass is 286 g/mol. The fourth-order valence-electron chi connectivity index (χ4n) is 1.64. The van der Waals surface area contributed by atoms with Crippen LogP contribution in [0.25, 0.3) is 0 Å². The van der Waals surface area contributed by atoms with Gasteiger partial charge in [0.2, 0.25) is 0 Å². The SMILES string of the molecule is N#Cc1ccc(Cl)cc1OCc1cccc(C#N)c1F. The van der Waals surface area contributed by atoms with Crippen molar-refractivity contribution >= 4 is 11.6 Å². The van der Waals surface area contributed by atoms with Crippen LogP contribution in [0.4, 0.5) is 4.39 Å². The molecule has 0 aliphatic carbocycles. The molecule has 2 aromatic rings. The summed E-state index contributed by atoms with van der Waals surface area (Å²) in [6.45, 7) is -0.0869. The molecule has 0 aliphatic rings. The van der Waals surface area contributed by atoms with E-state index in [0.29, 0.717) is 10.6 Å². The van der Waals surface area contributed by atoms with E-state index in [1.165, 1.54) is 24.3 Å². The molecule has 0 aromatic heterocycles. The standard InChI is InChI=1S/C15H8ClFN2O/c16-13-5-4-10(7-18)14(6-13)20-9-12-3-1-2-11(8-19)15(12)17/h1-6H,9H2. The molecule has 2 rings (SSSR count). The van der Waals surface area contributed by atoms with Gasteiger partial charge in [0.25, 0.3) is 0 Å². The molecule has 5 heteroatoms. The zero-order valence-corrected chi connectivity index (χ0v) is 11.0. The van der Waals surface area contributed by atoms with Crippen LogP contribution in [0.1, 0.15) is 16.7 Å². The molecule has 0 unspecified atom stereocenters. The number of ether oxygens (including phenoxy) is 1. The second-order valence-electron chi connectivity index (χ2n) is 3.93. The maximum atomic E-state index is 13.8. The molecule has 3 nitrogen and oxygen atoms in total. The molecular weight excluding hydrogens is 279 g/mol. The molecule has 0 fully saturated rings. The van der Waals surface area contributed by atoms with Gasteiger partial charge in [-0.25, -0.2) is 4.39 Å². The molecule has 0 amide bonds. The highest BCUT2D eigenvalue weighted by Gasteiger charge is 2.10. The van der Waals surface area contributed by atoms with Crippen LogP contribution in [0.3, 0.4) is 0 Å². The normalized spacial score (nSPS) is 9.60. The quantitative estimate of drug-likeness (QED) is 0.862. The minimum absolute atomic E-state index is 0.0438. The number of nitriles is 2. The van der Waals surface area contributed by atoms with E-state index in [-0.39, 0.29) is 23.5 Å². The van der Waals surface area contributed by atoms with Gasteiger partial charge in [-0.1, -0.05) is 23.7 Å². The highest BCUT2D eigenvalue weighted by atomic mass is 35.5. The Morgan fingerprint density at radius 2 is 1.85 bits per heavy atom. The average Bonchev–Trinajstić information content (AvgIpc) is 2.46. The van der Waals surface area contributed by atoms with Gasteiger partial charge in [0.05, 0.1) is 11.1 Å². The third-order valence-corrected chi connectivity index (χ3v) is 2.88. The zero-order valence-electron chi connectivity index (χ0n) is 10.2. The summed E-state index contributed by atoms with van der Waals surface area (Å²) in [5, 5.41) is 18.1. The van der Waals surface area contributed by atoms with Gasteiger partial charge in [-0.05, 0) is 18.2 Å². The van der Waals surface area contributed by atoms with E-state index < -0.39 is 5.82 Å². The number of hydrogen-bond acceptors (Lipinski definition) is 3. The van der Waals surface area contributed by atoms with Gasteiger partial charge in [0.1, 0.15) is 30.3 Å². The van der Waals surface area contributed by atoms with Gasteiger partial charge in [0, 0.05) is 16.7 Å². The lowest BCUT2D eigenvalue weighted by atomic mass is 10.1. The number of hydrogen-bond donors (Lipinski definition) is 0. The molecule has 0 saturated heterocycles. The predicted molar refractivity (Wildman–Crippen MR) is 71.6 cm³/mol. The summed E-state index contributed by atoms with van der Waals surface area (Å²) in [4.78, 5) is 0. The lowest BCUT2D eigenvalue weighted by Gasteiger charge is -2.09. The van der Waals surface area contributed by atoms with E-state index in [1.807, 2.05) is 6.07 Å². The number of nitrogens with zero attached hydrogens (tertiary/aromatic N) is 2. The van der Waals surface area contributed by atoms with E-state index in [9.17, 15) is 4.39 Å². The van der Waals surface area contributed by atoms with Crippen molar-refractivity contribution in [1.29, 1.82) is 10.5 Å². The summed E-state index contributed by atoms with van der Waals surface area (Å²) in [5.74, 6) is -0.336. The molecule has 98 valence electrons. The minimum Gasteiger partial charge on any atom is -0.487 e. The zero-order chi connectivity index (χ0) is 14.5. The van der Waals surface area contributed by atoms with Crippen molar-refractivity contribution in [3.63, 3.8) is 0 Å². The van der Waals surface area contributed by atoms with Crippen molar-refractivity contribution in [3.8, 4) is 17.9 Å². The highest BCUT2D eigenvalue weighted by Crippen LogP contribution is 2.24. The lowest BCUT2D eigenvalue weighted by molar-refractivity contribution is 0.299. The first kappa shape index (κ1) is 13.9. The van der Waals surface area contributed by atoms with Crippen molar-refractivity contribution in [2.24, 2.45) is 0 Å². The minimum atomic E-state index is -0.615. The Balaban J connectivity index is 2.24. The van der Waals surface area contributed by atoms with Gasteiger partial charge in [-0.15, -0.1) is 0 Å². The predicted octanol–water partition coefficient (Wildman–Crippen LogP) is 3.80. The van der Waals surface area contributed by atoms with Crippen LogP contribution < -0.4 is 4.74 Å². The molecule has 0 aliphatic heterocycles. The van der Waals surface area contributed by atoms with Crippen LogP contribution in [-0.2, 0) is 6.61 Å². The summed E-state index contributed by atoms with van der Waals surface area (Å²) in [7, 11) is 0. The summed E-state index contributed by atoms with van der Waals surface area (Å²) >= 11 is 5.83. The molecule has 0 spiro atoms. The van der Waals surface area contributed by atoms with Gasteiger partial charge in [-0.2, -0.15) is 10.5 Å². The van der Waals surface area contributed by atoms with Gasteiger partial charge in [0.15, 0.2) is 0 Å². The van der Waals surface area contributed by atoms with E-state index in [1.54, 1.807) is 18.2 Å². The topological polar surface area (TPSA) is 56.8 Å². The van der Waals surface area contributed by atoms with E-state index >= 15 is 0 Å². The summed E-state index contributed by atoms with van der Waals surface area (Å²) in [6.07, 6.45) is 0. The molecule has 2 aromatic carbocycles. The van der Waals surface area contributed by atoms with Crippen molar-refractivity contribution in [1.82, 2.24) is 0 Å². The Hall–Kier alpha value is -2.56. The van der Waals surface area contributed by atoms with E-state index in [0.717, 1.165) is 0 Å². The summed E-state index contributed by atoms with van der Waals surface area (Å²) < 4.78 is 19.3. The highest BCUT2D eigenvalue weighted by molar-refractivity contribution is 6.30. The largest absolute Gasteiger partial charge is 0.487 e. The molecule has 0 heterocycles.